The van der Waals surface area contributed by atoms with Gasteiger partial charge in [0.05, 0.1) is 12.7 Å². The predicted molar refractivity (Wildman–Crippen MR) is 35.3 cm³/mol. The van der Waals surface area contributed by atoms with Crippen LogP contribution >= 0.6 is 0 Å². The van der Waals surface area contributed by atoms with E-state index in [0.717, 1.165) is 25.6 Å². The molecule has 0 unspecified atom stereocenters. The topological polar surface area (TPSA) is 21.3 Å². The van der Waals surface area contributed by atoms with E-state index in [1.54, 1.807) is 0 Å². The number of nitrogens with one attached hydrogen (secondary N) is 1. The molecule has 0 radical (unpaired) electrons. The molecule has 0 bridgehead atoms. The highest BCUT2D eigenvalue weighted by molar-refractivity contribution is 4.84. The molecule has 0 amide bonds. The minimum Gasteiger partial charge on any atom is -0.375 e. The molecular formula is C7H13NO. The van der Waals surface area contributed by atoms with Crippen LogP contribution in [0.2, 0.25) is 0 Å². The summed E-state index contributed by atoms with van der Waals surface area (Å²) in [5.41, 5.74) is 0. The first-order valence-corrected chi connectivity index (χ1v) is 3.79. The molecule has 2 rings (SSSR count). The van der Waals surface area contributed by atoms with Gasteiger partial charge in [-0.2, -0.15) is 0 Å². The van der Waals surface area contributed by atoms with Gasteiger partial charge in [-0.1, -0.05) is 0 Å². The third-order valence-electron chi connectivity index (χ3n) is 2.10. The highest BCUT2D eigenvalue weighted by Gasteiger charge is 2.32. The van der Waals surface area contributed by atoms with Crippen LogP contribution < -0.4 is 5.32 Å². The van der Waals surface area contributed by atoms with Crippen LogP contribution in [0.3, 0.4) is 0 Å². The summed E-state index contributed by atoms with van der Waals surface area (Å²) in [5.74, 6) is 0.901. The predicted octanol–water partition coefficient (Wildman–Crippen LogP) is 0.385. The second-order valence-corrected chi connectivity index (χ2v) is 2.95. The Hall–Kier alpha value is -0.0800. The fourth-order valence-electron chi connectivity index (χ4n) is 1.36. The molecule has 0 spiro atoms. The summed E-state index contributed by atoms with van der Waals surface area (Å²) in [7, 11) is 0. The van der Waals surface area contributed by atoms with Crippen molar-refractivity contribution < 1.29 is 4.74 Å². The van der Waals surface area contributed by atoms with E-state index in [1.807, 2.05) is 0 Å². The van der Waals surface area contributed by atoms with Gasteiger partial charge >= 0.3 is 0 Å². The van der Waals surface area contributed by atoms with Crippen molar-refractivity contribution in [1.29, 1.82) is 0 Å². The second-order valence-electron chi connectivity index (χ2n) is 2.95. The number of hydrogen-bond donors (Lipinski definition) is 1. The molecule has 1 saturated carbocycles. The van der Waals surface area contributed by atoms with Crippen molar-refractivity contribution in [2.24, 2.45) is 5.92 Å². The third kappa shape index (κ3) is 1.25. The zero-order chi connectivity index (χ0) is 6.10. The normalized spacial score (nSPS) is 36.7. The third-order valence-corrected chi connectivity index (χ3v) is 2.10. The average molecular weight is 127 g/mol. The Bertz CT molecular complexity index is 95.1. The van der Waals surface area contributed by atoms with E-state index in [4.69, 9.17) is 4.74 Å². The first-order chi connectivity index (χ1) is 4.47. The molecular weight excluding hydrogens is 114 g/mol. The maximum absolute atomic E-state index is 5.54. The molecule has 2 nitrogen and oxygen atoms in total. The zero-order valence-corrected chi connectivity index (χ0v) is 5.60. The maximum Gasteiger partial charge on any atom is 0.0728 e. The second kappa shape index (κ2) is 2.27. The standard InChI is InChI=1S/C7H13NO/c1-2-6(1)7-5-8-3-4-9-7/h6-8H,1-5H2/t7-/m0/s1. The van der Waals surface area contributed by atoms with E-state index in [2.05, 4.69) is 5.32 Å². The molecule has 1 aliphatic carbocycles. The molecule has 0 aromatic heterocycles. The summed E-state index contributed by atoms with van der Waals surface area (Å²) in [4.78, 5) is 0. The molecule has 0 aromatic rings. The van der Waals surface area contributed by atoms with Gasteiger partial charge in [0.2, 0.25) is 0 Å². The molecule has 1 aliphatic heterocycles. The lowest BCUT2D eigenvalue weighted by Gasteiger charge is -2.22. The minimum absolute atomic E-state index is 0.554. The molecule has 1 N–H and O–H groups in total. The van der Waals surface area contributed by atoms with Gasteiger partial charge in [0.25, 0.3) is 0 Å². The number of morpholine rings is 1. The molecule has 1 saturated heterocycles. The van der Waals surface area contributed by atoms with Crippen LogP contribution in [0.4, 0.5) is 0 Å². The van der Waals surface area contributed by atoms with Crippen LogP contribution in [-0.4, -0.2) is 25.8 Å². The summed E-state index contributed by atoms with van der Waals surface area (Å²) in [6.07, 6.45) is 3.34. The first kappa shape index (κ1) is 5.69. The largest absolute Gasteiger partial charge is 0.375 e. The van der Waals surface area contributed by atoms with E-state index in [9.17, 15) is 0 Å². The zero-order valence-electron chi connectivity index (χ0n) is 5.60. The van der Waals surface area contributed by atoms with E-state index >= 15 is 0 Å². The van der Waals surface area contributed by atoms with Crippen LogP contribution in [0, 0.1) is 5.92 Å². The smallest absolute Gasteiger partial charge is 0.0728 e. The highest BCUT2D eigenvalue weighted by atomic mass is 16.5. The molecule has 0 aromatic carbocycles. The van der Waals surface area contributed by atoms with E-state index in [-0.39, 0.29) is 0 Å². The summed E-state index contributed by atoms with van der Waals surface area (Å²) in [5, 5.41) is 3.33. The molecule has 1 atom stereocenters. The van der Waals surface area contributed by atoms with Crippen LogP contribution in [0.5, 0.6) is 0 Å². The summed E-state index contributed by atoms with van der Waals surface area (Å²) >= 11 is 0. The Morgan fingerprint density at radius 1 is 1.33 bits per heavy atom. The summed E-state index contributed by atoms with van der Waals surface area (Å²) in [6.45, 7) is 3.05. The van der Waals surface area contributed by atoms with Gasteiger partial charge in [0.15, 0.2) is 0 Å². The Morgan fingerprint density at radius 3 is 2.78 bits per heavy atom. The van der Waals surface area contributed by atoms with Gasteiger partial charge < -0.3 is 10.1 Å². The van der Waals surface area contributed by atoms with Crippen molar-refractivity contribution in [3.05, 3.63) is 0 Å². The van der Waals surface area contributed by atoms with Crippen molar-refractivity contribution in [1.82, 2.24) is 5.32 Å². The molecule has 2 aliphatic rings. The lowest BCUT2D eigenvalue weighted by molar-refractivity contribution is 0.0149. The molecule has 2 heteroatoms. The Kier molecular flexibility index (Phi) is 1.44. The highest BCUT2D eigenvalue weighted by Crippen LogP contribution is 2.34. The number of rotatable bonds is 1. The van der Waals surface area contributed by atoms with Crippen molar-refractivity contribution in [3.8, 4) is 0 Å². The van der Waals surface area contributed by atoms with Gasteiger partial charge in [0, 0.05) is 13.1 Å². The first-order valence-electron chi connectivity index (χ1n) is 3.79. The minimum atomic E-state index is 0.554. The van der Waals surface area contributed by atoms with Gasteiger partial charge in [-0.3, -0.25) is 0 Å². The average Bonchev–Trinajstić information content (AvgIpc) is 2.71. The quantitative estimate of drug-likeness (QED) is 0.550. The Morgan fingerprint density at radius 2 is 2.22 bits per heavy atom. The van der Waals surface area contributed by atoms with Crippen molar-refractivity contribution in [3.63, 3.8) is 0 Å². The molecule has 1 heterocycles. The molecule has 2 fully saturated rings. The Labute approximate surface area is 55.6 Å². The number of hydrogen-bond acceptors (Lipinski definition) is 2. The van der Waals surface area contributed by atoms with Gasteiger partial charge in [-0.15, -0.1) is 0 Å². The summed E-state index contributed by atoms with van der Waals surface area (Å²) in [6, 6.07) is 0. The van der Waals surface area contributed by atoms with Crippen LogP contribution in [0.15, 0.2) is 0 Å². The lowest BCUT2D eigenvalue weighted by Crippen LogP contribution is -2.39. The van der Waals surface area contributed by atoms with E-state index in [1.165, 1.54) is 12.8 Å². The Balaban J connectivity index is 1.80. The fourth-order valence-corrected chi connectivity index (χ4v) is 1.36. The van der Waals surface area contributed by atoms with E-state index in [0.29, 0.717) is 6.10 Å². The van der Waals surface area contributed by atoms with Gasteiger partial charge in [0.1, 0.15) is 0 Å². The van der Waals surface area contributed by atoms with Crippen LogP contribution in [0.25, 0.3) is 0 Å². The van der Waals surface area contributed by atoms with Crippen molar-refractivity contribution >= 4 is 0 Å². The van der Waals surface area contributed by atoms with Crippen LogP contribution in [0.1, 0.15) is 12.8 Å². The van der Waals surface area contributed by atoms with Crippen molar-refractivity contribution in [2.75, 3.05) is 19.7 Å². The molecule has 52 valence electrons. The van der Waals surface area contributed by atoms with Gasteiger partial charge in [-0.25, -0.2) is 0 Å². The van der Waals surface area contributed by atoms with Gasteiger partial charge in [-0.05, 0) is 18.8 Å². The van der Waals surface area contributed by atoms with Crippen molar-refractivity contribution in [2.45, 2.75) is 18.9 Å². The maximum atomic E-state index is 5.54. The SMILES string of the molecule is C1CO[C@H](C2CC2)CN1. The molecule has 9 heavy (non-hydrogen) atoms. The fraction of sp³-hybridized carbons (Fsp3) is 1.00. The monoisotopic (exact) mass is 127 g/mol. The van der Waals surface area contributed by atoms with Crippen LogP contribution in [-0.2, 0) is 4.74 Å². The number of ether oxygens (including phenoxy) is 1. The van der Waals surface area contributed by atoms with E-state index < -0.39 is 0 Å². The lowest BCUT2D eigenvalue weighted by atomic mass is 10.2. The summed E-state index contributed by atoms with van der Waals surface area (Å²) < 4.78 is 5.54.